The van der Waals surface area contributed by atoms with E-state index in [0.29, 0.717) is 28.9 Å². The van der Waals surface area contributed by atoms with E-state index < -0.39 is 9.84 Å². The molecule has 0 N–H and O–H groups in total. The second-order valence-electron chi connectivity index (χ2n) is 9.29. The molecular formula is C21H30N4O2S2. The Balaban J connectivity index is 1.24. The van der Waals surface area contributed by atoms with E-state index >= 15 is 0 Å². The molecule has 5 rings (SSSR count). The Morgan fingerprint density at radius 1 is 1.24 bits per heavy atom. The number of likely N-dealkylation sites (tertiary alicyclic amines) is 1. The Morgan fingerprint density at radius 2 is 2.00 bits per heavy atom. The van der Waals surface area contributed by atoms with E-state index in [-0.39, 0.29) is 0 Å². The van der Waals surface area contributed by atoms with Crippen molar-refractivity contribution in [3.8, 4) is 0 Å². The first-order chi connectivity index (χ1) is 13.9. The van der Waals surface area contributed by atoms with Crippen LogP contribution in [-0.2, 0) is 16.3 Å². The fourth-order valence-corrected chi connectivity index (χ4v) is 7.94. The second kappa shape index (κ2) is 7.17. The highest BCUT2D eigenvalue weighted by atomic mass is 32.2. The zero-order valence-corrected chi connectivity index (χ0v) is 18.9. The molecule has 3 aliphatic rings. The van der Waals surface area contributed by atoms with Gasteiger partial charge in [-0.15, -0.1) is 11.3 Å². The van der Waals surface area contributed by atoms with Gasteiger partial charge in [0, 0.05) is 42.5 Å². The lowest BCUT2D eigenvalue weighted by molar-refractivity contribution is -0.0304. The van der Waals surface area contributed by atoms with Crippen LogP contribution < -0.4 is 4.90 Å². The largest absolute Gasteiger partial charge is 0.355 e. The third-order valence-electron chi connectivity index (χ3n) is 7.38. The summed E-state index contributed by atoms with van der Waals surface area (Å²) in [6, 6.07) is 2.76. The number of sulfone groups is 1. The summed E-state index contributed by atoms with van der Waals surface area (Å²) in [6.07, 6.45) is 5.63. The molecule has 0 aliphatic carbocycles. The van der Waals surface area contributed by atoms with Crippen molar-refractivity contribution in [3.63, 3.8) is 0 Å². The quantitative estimate of drug-likeness (QED) is 0.737. The maximum absolute atomic E-state index is 11.7. The number of rotatable bonds is 4. The number of fused-ring (bicyclic) bond motifs is 1. The summed E-state index contributed by atoms with van der Waals surface area (Å²) < 4.78 is 23.5. The SMILES string of the molecule is CCc1cc2c(N3CCC4(C3)CN([C@@H](C)C3CCS(=O)(=O)CC3)C4)ncnc2s1. The van der Waals surface area contributed by atoms with Gasteiger partial charge >= 0.3 is 0 Å². The highest BCUT2D eigenvalue weighted by Gasteiger charge is 2.50. The molecular weight excluding hydrogens is 404 g/mol. The Labute approximate surface area is 177 Å². The van der Waals surface area contributed by atoms with Crippen molar-refractivity contribution in [1.82, 2.24) is 14.9 Å². The molecule has 8 heteroatoms. The molecule has 2 aromatic heterocycles. The van der Waals surface area contributed by atoms with Crippen molar-refractivity contribution in [2.75, 3.05) is 42.6 Å². The fourth-order valence-electron chi connectivity index (χ4n) is 5.49. The first kappa shape index (κ1) is 19.7. The van der Waals surface area contributed by atoms with Crippen LogP contribution >= 0.6 is 11.3 Å². The van der Waals surface area contributed by atoms with Gasteiger partial charge in [-0.3, -0.25) is 4.90 Å². The molecule has 0 amide bonds. The Kier molecular flexibility index (Phi) is 4.87. The van der Waals surface area contributed by atoms with Crippen molar-refractivity contribution < 1.29 is 8.42 Å². The first-order valence-corrected chi connectivity index (χ1v) is 13.4. The zero-order valence-electron chi connectivity index (χ0n) is 17.3. The molecule has 2 aromatic rings. The number of thiophene rings is 1. The lowest BCUT2D eigenvalue weighted by Crippen LogP contribution is -2.62. The maximum atomic E-state index is 11.7. The minimum Gasteiger partial charge on any atom is -0.355 e. The number of hydrogen-bond donors (Lipinski definition) is 0. The minimum absolute atomic E-state index is 0.371. The summed E-state index contributed by atoms with van der Waals surface area (Å²) in [7, 11) is -2.78. The molecule has 3 fully saturated rings. The van der Waals surface area contributed by atoms with Crippen LogP contribution in [0.25, 0.3) is 10.2 Å². The van der Waals surface area contributed by atoms with Crippen LogP contribution in [0.1, 0.15) is 38.0 Å². The molecule has 0 unspecified atom stereocenters. The summed E-state index contributed by atoms with van der Waals surface area (Å²) in [5.41, 5.74) is 0.371. The Morgan fingerprint density at radius 3 is 2.72 bits per heavy atom. The number of aryl methyl sites for hydroxylation is 1. The van der Waals surface area contributed by atoms with Crippen LogP contribution in [0.2, 0.25) is 0 Å². The van der Waals surface area contributed by atoms with Crippen LogP contribution in [0.4, 0.5) is 5.82 Å². The third kappa shape index (κ3) is 3.57. The predicted octanol–water partition coefficient (Wildman–Crippen LogP) is 2.98. The molecule has 3 aliphatic heterocycles. The van der Waals surface area contributed by atoms with Crippen molar-refractivity contribution >= 4 is 37.2 Å². The zero-order chi connectivity index (χ0) is 20.2. The lowest BCUT2D eigenvalue weighted by atomic mass is 9.76. The minimum atomic E-state index is -2.78. The monoisotopic (exact) mass is 434 g/mol. The van der Waals surface area contributed by atoms with E-state index in [1.54, 1.807) is 17.7 Å². The molecule has 0 radical (unpaired) electrons. The lowest BCUT2D eigenvalue weighted by Gasteiger charge is -2.53. The van der Waals surface area contributed by atoms with Gasteiger partial charge in [0.2, 0.25) is 0 Å². The van der Waals surface area contributed by atoms with Crippen LogP contribution in [0.5, 0.6) is 0 Å². The number of aromatic nitrogens is 2. The van der Waals surface area contributed by atoms with E-state index in [9.17, 15) is 8.42 Å². The molecule has 1 atom stereocenters. The summed E-state index contributed by atoms with van der Waals surface area (Å²) >= 11 is 1.78. The molecule has 0 aromatic carbocycles. The van der Waals surface area contributed by atoms with Crippen molar-refractivity contribution in [3.05, 3.63) is 17.3 Å². The molecule has 1 spiro atoms. The summed E-state index contributed by atoms with van der Waals surface area (Å²) in [6.45, 7) is 8.88. The van der Waals surface area contributed by atoms with Gasteiger partial charge in [0.25, 0.3) is 0 Å². The molecule has 0 bridgehead atoms. The van der Waals surface area contributed by atoms with Crippen molar-refractivity contribution in [2.24, 2.45) is 11.3 Å². The van der Waals surface area contributed by atoms with Gasteiger partial charge < -0.3 is 4.90 Å². The highest BCUT2D eigenvalue weighted by Crippen LogP contribution is 2.44. The van der Waals surface area contributed by atoms with Crippen molar-refractivity contribution in [1.29, 1.82) is 0 Å². The molecule has 29 heavy (non-hydrogen) atoms. The van der Waals surface area contributed by atoms with Crippen LogP contribution in [0.3, 0.4) is 0 Å². The van der Waals surface area contributed by atoms with Crippen LogP contribution in [0, 0.1) is 11.3 Å². The van der Waals surface area contributed by atoms with Gasteiger partial charge in [-0.05, 0) is 44.6 Å². The normalized spacial score (nSPS) is 25.5. The van der Waals surface area contributed by atoms with Crippen LogP contribution in [0.15, 0.2) is 12.4 Å². The summed E-state index contributed by atoms with van der Waals surface area (Å²) in [4.78, 5) is 16.7. The molecule has 3 saturated heterocycles. The van der Waals surface area contributed by atoms with Gasteiger partial charge in [0.15, 0.2) is 0 Å². The predicted molar refractivity (Wildman–Crippen MR) is 118 cm³/mol. The van der Waals surface area contributed by atoms with Gasteiger partial charge in [-0.2, -0.15) is 0 Å². The topological polar surface area (TPSA) is 66.4 Å². The second-order valence-corrected chi connectivity index (χ2v) is 12.7. The van der Waals surface area contributed by atoms with E-state index in [2.05, 4.69) is 39.7 Å². The van der Waals surface area contributed by atoms with Gasteiger partial charge in [0.1, 0.15) is 26.8 Å². The summed E-state index contributed by atoms with van der Waals surface area (Å²) in [5, 5.41) is 1.21. The Bertz CT molecular complexity index is 999. The van der Waals surface area contributed by atoms with Gasteiger partial charge in [0.05, 0.1) is 16.9 Å². The van der Waals surface area contributed by atoms with Gasteiger partial charge in [-0.25, -0.2) is 18.4 Å². The maximum Gasteiger partial charge on any atom is 0.150 e. The molecule has 0 saturated carbocycles. The van der Waals surface area contributed by atoms with Crippen molar-refractivity contribution in [2.45, 2.75) is 45.6 Å². The third-order valence-corrected chi connectivity index (χ3v) is 10.3. The standard InChI is InChI=1S/C21H30N4O2S2/c1-3-17-10-18-19(22-14-23-20(18)28-17)24-7-6-21(11-24)12-25(13-21)15(2)16-4-8-29(26,27)9-5-16/h10,14-16H,3-9,11-13H2,1-2H3/t15-/m0/s1. The van der Waals surface area contributed by atoms with E-state index in [1.165, 1.54) is 16.7 Å². The number of nitrogens with zero attached hydrogens (tertiary/aromatic N) is 4. The Hall–Kier alpha value is -1.25. The van der Waals surface area contributed by atoms with E-state index in [0.717, 1.165) is 56.1 Å². The van der Waals surface area contributed by atoms with Crippen LogP contribution in [-0.4, -0.2) is 67.0 Å². The summed E-state index contributed by atoms with van der Waals surface area (Å²) in [5.74, 6) is 2.37. The number of anilines is 1. The molecule has 5 heterocycles. The average molecular weight is 435 g/mol. The number of hydrogen-bond acceptors (Lipinski definition) is 7. The van der Waals surface area contributed by atoms with E-state index in [4.69, 9.17) is 0 Å². The first-order valence-electron chi connectivity index (χ1n) is 10.8. The molecule has 6 nitrogen and oxygen atoms in total. The van der Waals surface area contributed by atoms with Gasteiger partial charge in [-0.1, -0.05) is 6.92 Å². The fraction of sp³-hybridized carbons (Fsp3) is 0.714. The smallest absolute Gasteiger partial charge is 0.150 e. The highest BCUT2D eigenvalue weighted by molar-refractivity contribution is 7.91. The van der Waals surface area contributed by atoms with E-state index in [1.807, 2.05) is 0 Å². The average Bonchev–Trinajstić information content (AvgIpc) is 3.30. The molecule has 158 valence electrons.